The van der Waals surface area contributed by atoms with Crippen molar-refractivity contribution in [2.75, 3.05) is 16.0 Å². The Morgan fingerprint density at radius 2 is 1.68 bits per heavy atom. The molecule has 2 aromatic carbocycles. The molecule has 0 unspecified atom stereocenters. The molecule has 0 fully saturated rings. The van der Waals surface area contributed by atoms with E-state index in [-0.39, 0.29) is 17.8 Å². The predicted molar refractivity (Wildman–Crippen MR) is 136 cm³/mol. The number of imidazole rings is 1. The maximum Gasteiger partial charge on any atom is 0.258 e. The maximum atomic E-state index is 13.0. The van der Waals surface area contributed by atoms with Crippen molar-refractivity contribution >= 4 is 68.3 Å². The van der Waals surface area contributed by atoms with Crippen LogP contribution in [-0.4, -0.2) is 27.3 Å². The molecule has 4 rings (SSSR count). The second-order valence-corrected chi connectivity index (χ2v) is 8.28. The lowest BCUT2D eigenvalue weighted by molar-refractivity contribution is -0.112. The van der Waals surface area contributed by atoms with E-state index < -0.39 is 5.91 Å². The summed E-state index contributed by atoms with van der Waals surface area (Å²) in [5.74, 6) is -0.828. The molecule has 4 aromatic rings. The van der Waals surface area contributed by atoms with Crippen molar-refractivity contribution in [2.24, 2.45) is 0 Å². The number of carbonyl (C=O) groups is 3. The Kier molecular flexibility index (Phi) is 6.58. The summed E-state index contributed by atoms with van der Waals surface area (Å²) in [5, 5.41) is 10.7. The Morgan fingerprint density at radius 3 is 2.38 bits per heavy atom. The highest BCUT2D eigenvalue weighted by Gasteiger charge is 2.19. The van der Waals surface area contributed by atoms with Crippen LogP contribution in [0.1, 0.15) is 10.4 Å². The molecule has 0 spiro atoms. The summed E-state index contributed by atoms with van der Waals surface area (Å²) in [6, 6.07) is 13.8. The molecule has 170 valence electrons. The third kappa shape index (κ3) is 4.75. The summed E-state index contributed by atoms with van der Waals surface area (Å²) in [6.07, 6.45) is 2.34. The average molecular weight is 492 g/mol. The first-order chi connectivity index (χ1) is 16.4. The molecule has 0 saturated carbocycles. The molecule has 10 heteroatoms. The Bertz CT molecular complexity index is 1440. The number of fused-ring (bicyclic) bond motifs is 1. The summed E-state index contributed by atoms with van der Waals surface area (Å²) in [4.78, 5) is 40.6. The van der Waals surface area contributed by atoms with Crippen molar-refractivity contribution in [2.45, 2.75) is 0 Å². The quantitative estimate of drug-likeness (QED) is 0.307. The number of amides is 3. The van der Waals surface area contributed by atoms with Crippen molar-refractivity contribution in [1.82, 2.24) is 9.55 Å². The molecule has 0 aliphatic rings. The molecule has 3 N–H and O–H groups in total. The fourth-order valence-corrected chi connectivity index (χ4v) is 4.21. The van der Waals surface area contributed by atoms with Gasteiger partial charge in [-0.15, -0.1) is 11.3 Å². The maximum absolute atomic E-state index is 13.0. The number of nitrogens with one attached hydrogen (secondary N) is 3. The van der Waals surface area contributed by atoms with Crippen LogP contribution >= 0.6 is 22.9 Å². The molecule has 8 nitrogen and oxygen atoms in total. The van der Waals surface area contributed by atoms with Gasteiger partial charge in [-0.25, -0.2) is 4.98 Å². The standard InChI is InChI=1S/C24H18ClN5O3S/c1-3-19(31)26-15-8-10-16(11-9-15)30-22-17(25)6-5-7-18(22)27-24(30)29-23(33)14-12-21(34-13-14)28-20(32)4-2/h3-13H,1-2H2,(H,26,31)(H,28,32)(H,27,29,33). The normalized spacial score (nSPS) is 10.5. The number of halogens is 1. The predicted octanol–water partition coefficient (Wildman–Crippen LogP) is 5.24. The highest BCUT2D eigenvalue weighted by molar-refractivity contribution is 7.14. The number of carbonyl (C=O) groups excluding carboxylic acids is 3. The van der Waals surface area contributed by atoms with Crippen LogP contribution in [0.3, 0.4) is 0 Å². The van der Waals surface area contributed by atoms with E-state index >= 15 is 0 Å². The molecule has 0 bridgehead atoms. The Hall–Kier alpha value is -4.21. The van der Waals surface area contributed by atoms with Gasteiger partial charge < -0.3 is 10.6 Å². The lowest BCUT2D eigenvalue weighted by atomic mass is 10.2. The minimum atomic E-state index is -0.405. The molecular weight excluding hydrogens is 474 g/mol. The van der Waals surface area contributed by atoms with Gasteiger partial charge in [0.2, 0.25) is 17.8 Å². The molecule has 2 heterocycles. The fraction of sp³-hybridized carbons (Fsp3) is 0. The van der Waals surface area contributed by atoms with Gasteiger partial charge in [0.1, 0.15) is 0 Å². The SMILES string of the molecule is C=CC(=O)Nc1ccc(-n2c(NC(=O)c3csc(NC(=O)C=C)c3)nc3cccc(Cl)c32)cc1. The Morgan fingerprint density at radius 1 is 0.971 bits per heavy atom. The molecule has 0 radical (unpaired) electrons. The van der Waals surface area contributed by atoms with Gasteiger partial charge in [-0.2, -0.15) is 0 Å². The molecular formula is C24H18ClN5O3S. The van der Waals surface area contributed by atoms with E-state index in [0.717, 1.165) is 6.08 Å². The summed E-state index contributed by atoms with van der Waals surface area (Å²) in [7, 11) is 0. The Labute approximate surface area is 203 Å². The van der Waals surface area contributed by atoms with Crippen molar-refractivity contribution in [3.63, 3.8) is 0 Å². The Balaban J connectivity index is 1.69. The highest BCUT2D eigenvalue weighted by atomic mass is 35.5. The van der Waals surface area contributed by atoms with Gasteiger partial charge in [0.05, 0.1) is 26.6 Å². The first-order valence-electron chi connectivity index (χ1n) is 9.93. The number of hydrogen-bond donors (Lipinski definition) is 3. The summed E-state index contributed by atoms with van der Waals surface area (Å²) < 4.78 is 1.72. The van der Waals surface area contributed by atoms with Crippen LogP contribution in [0.15, 0.2) is 79.2 Å². The number of anilines is 3. The van der Waals surface area contributed by atoms with Crippen LogP contribution in [-0.2, 0) is 9.59 Å². The van der Waals surface area contributed by atoms with E-state index in [0.29, 0.717) is 38.0 Å². The third-order valence-electron chi connectivity index (χ3n) is 4.72. The summed E-state index contributed by atoms with van der Waals surface area (Å²) >= 11 is 7.69. The van der Waals surface area contributed by atoms with Crippen LogP contribution < -0.4 is 16.0 Å². The van der Waals surface area contributed by atoms with E-state index in [4.69, 9.17) is 11.6 Å². The van der Waals surface area contributed by atoms with Gasteiger partial charge >= 0.3 is 0 Å². The molecule has 34 heavy (non-hydrogen) atoms. The van der Waals surface area contributed by atoms with Crippen molar-refractivity contribution in [1.29, 1.82) is 0 Å². The molecule has 0 atom stereocenters. The number of nitrogens with zero attached hydrogens (tertiary/aromatic N) is 2. The van der Waals surface area contributed by atoms with Gasteiger partial charge in [0.25, 0.3) is 5.91 Å². The van der Waals surface area contributed by atoms with Crippen LogP contribution in [0.4, 0.5) is 16.6 Å². The minimum Gasteiger partial charge on any atom is -0.323 e. The van der Waals surface area contributed by atoms with Crippen LogP contribution in [0.2, 0.25) is 5.02 Å². The first-order valence-corrected chi connectivity index (χ1v) is 11.2. The van der Waals surface area contributed by atoms with Crippen molar-refractivity contribution in [3.8, 4) is 5.69 Å². The van der Waals surface area contributed by atoms with Gasteiger partial charge in [0, 0.05) is 16.8 Å². The second-order valence-electron chi connectivity index (χ2n) is 6.97. The van der Waals surface area contributed by atoms with Crippen LogP contribution in [0, 0.1) is 0 Å². The number of benzene rings is 2. The topological polar surface area (TPSA) is 105 Å². The number of hydrogen-bond acceptors (Lipinski definition) is 5. The summed E-state index contributed by atoms with van der Waals surface area (Å²) in [6.45, 7) is 6.85. The molecule has 3 amide bonds. The van der Waals surface area contributed by atoms with Crippen LogP contribution in [0.25, 0.3) is 16.7 Å². The van der Waals surface area contributed by atoms with Gasteiger partial charge in [-0.05, 0) is 54.6 Å². The monoisotopic (exact) mass is 491 g/mol. The van der Waals surface area contributed by atoms with Crippen molar-refractivity contribution in [3.05, 3.63) is 89.8 Å². The highest BCUT2D eigenvalue weighted by Crippen LogP contribution is 2.31. The second kappa shape index (κ2) is 9.74. The van der Waals surface area contributed by atoms with Crippen LogP contribution in [0.5, 0.6) is 0 Å². The number of thiophene rings is 1. The zero-order valence-corrected chi connectivity index (χ0v) is 19.2. The van der Waals surface area contributed by atoms with Gasteiger partial charge in [0.15, 0.2) is 0 Å². The molecule has 0 saturated heterocycles. The lowest BCUT2D eigenvalue weighted by Gasteiger charge is -2.11. The van der Waals surface area contributed by atoms with E-state index in [1.807, 2.05) is 0 Å². The van der Waals surface area contributed by atoms with E-state index in [1.54, 1.807) is 58.5 Å². The molecule has 2 aromatic heterocycles. The zero-order chi connectivity index (χ0) is 24.2. The van der Waals surface area contributed by atoms with Gasteiger partial charge in [-0.1, -0.05) is 30.8 Å². The number of aromatic nitrogens is 2. The lowest BCUT2D eigenvalue weighted by Crippen LogP contribution is -2.15. The number of para-hydroxylation sites is 1. The number of rotatable bonds is 7. The van der Waals surface area contributed by atoms with Gasteiger partial charge in [-0.3, -0.25) is 24.3 Å². The third-order valence-corrected chi connectivity index (χ3v) is 5.88. The fourth-order valence-electron chi connectivity index (χ4n) is 3.17. The largest absolute Gasteiger partial charge is 0.323 e. The zero-order valence-electron chi connectivity index (χ0n) is 17.7. The van der Waals surface area contributed by atoms with E-state index in [9.17, 15) is 14.4 Å². The minimum absolute atomic E-state index is 0.263. The van der Waals surface area contributed by atoms with E-state index in [1.165, 1.54) is 17.4 Å². The average Bonchev–Trinajstić information content (AvgIpc) is 3.44. The first kappa shape index (κ1) is 23.0. The van der Waals surface area contributed by atoms with Crippen molar-refractivity contribution < 1.29 is 14.4 Å². The summed E-state index contributed by atoms with van der Waals surface area (Å²) in [5.41, 5.74) is 2.83. The molecule has 0 aliphatic heterocycles. The molecule has 0 aliphatic carbocycles. The smallest absolute Gasteiger partial charge is 0.258 e. The van der Waals surface area contributed by atoms with E-state index in [2.05, 4.69) is 34.1 Å².